The van der Waals surface area contributed by atoms with Crippen molar-refractivity contribution in [3.63, 3.8) is 0 Å². The third kappa shape index (κ3) is 5.53. The zero-order valence-electron chi connectivity index (χ0n) is 13.0. The number of sulfonamides is 1. The molecule has 1 amide bonds. The predicted octanol–water partition coefficient (Wildman–Crippen LogP) is 0.898. The van der Waals surface area contributed by atoms with E-state index in [1.165, 1.54) is 33.3 Å². The molecule has 0 saturated carbocycles. The van der Waals surface area contributed by atoms with Crippen molar-refractivity contribution in [1.82, 2.24) is 10.0 Å². The molecule has 0 radical (unpaired) electrons. The van der Waals surface area contributed by atoms with Gasteiger partial charge in [0.15, 0.2) is 0 Å². The van der Waals surface area contributed by atoms with Crippen LogP contribution in [0.4, 0.5) is 0 Å². The number of amides is 1. The van der Waals surface area contributed by atoms with Crippen LogP contribution in [0, 0.1) is 0 Å². The quantitative estimate of drug-likeness (QED) is 0.656. The van der Waals surface area contributed by atoms with Crippen LogP contribution in [0.1, 0.15) is 19.8 Å². The molecule has 0 bridgehead atoms. The monoisotopic (exact) mass is 330 g/mol. The van der Waals surface area contributed by atoms with Gasteiger partial charge in [0.1, 0.15) is 16.4 Å². The van der Waals surface area contributed by atoms with Crippen molar-refractivity contribution in [3.05, 3.63) is 18.2 Å². The molecule has 0 aromatic heterocycles. The minimum Gasteiger partial charge on any atom is -0.497 e. The lowest BCUT2D eigenvalue weighted by atomic mass is 10.3. The van der Waals surface area contributed by atoms with Crippen molar-refractivity contribution in [1.29, 1.82) is 0 Å². The Morgan fingerprint density at radius 3 is 2.41 bits per heavy atom. The van der Waals surface area contributed by atoms with E-state index in [0.29, 0.717) is 25.1 Å². The van der Waals surface area contributed by atoms with E-state index < -0.39 is 10.0 Å². The van der Waals surface area contributed by atoms with Crippen LogP contribution in [0.5, 0.6) is 11.5 Å². The number of unbranched alkanes of at least 4 members (excludes halogenated alkanes) is 1. The van der Waals surface area contributed by atoms with E-state index in [2.05, 4.69) is 10.0 Å². The van der Waals surface area contributed by atoms with Gasteiger partial charge in [0.05, 0.1) is 14.2 Å². The molecule has 1 rings (SSSR count). The Hall–Kier alpha value is -1.80. The van der Waals surface area contributed by atoms with Crippen LogP contribution in [0.25, 0.3) is 0 Å². The van der Waals surface area contributed by atoms with Gasteiger partial charge in [-0.05, 0) is 25.0 Å². The molecule has 0 spiro atoms. The Kier molecular flexibility index (Phi) is 7.13. The number of rotatable bonds is 9. The van der Waals surface area contributed by atoms with Gasteiger partial charge in [-0.2, -0.15) is 0 Å². The zero-order chi connectivity index (χ0) is 16.6. The topological polar surface area (TPSA) is 93.7 Å². The van der Waals surface area contributed by atoms with Crippen molar-refractivity contribution >= 4 is 15.9 Å². The molecule has 0 fully saturated rings. The first-order valence-corrected chi connectivity index (χ1v) is 8.35. The summed E-state index contributed by atoms with van der Waals surface area (Å²) in [6.45, 7) is 2.26. The third-order valence-corrected chi connectivity index (χ3v) is 4.43. The first kappa shape index (κ1) is 18.2. The maximum absolute atomic E-state index is 12.3. The summed E-state index contributed by atoms with van der Waals surface area (Å²) >= 11 is 0. The lowest BCUT2D eigenvalue weighted by molar-refractivity contribution is -0.118. The number of carbonyl (C=O) groups is 1. The fourth-order valence-corrected chi connectivity index (χ4v) is 3.02. The normalized spacial score (nSPS) is 11.0. The molecule has 1 aromatic rings. The van der Waals surface area contributed by atoms with Crippen molar-refractivity contribution in [2.45, 2.75) is 24.7 Å². The Bertz CT molecular complexity index is 601. The van der Waals surface area contributed by atoms with E-state index >= 15 is 0 Å². The summed E-state index contributed by atoms with van der Waals surface area (Å²) in [4.78, 5) is 10.8. The summed E-state index contributed by atoms with van der Waals surface area (Å²) < 4.78 is 37.2. The molecular formula is C14H22N2O5S. The number of benzene rings is 1. The maximum Gasteiger partial charge on any atom is 0.244 e. The zero-order valence-corrected chi connectivity index (χ0v) is 13.8. The highest BCUT2D eigenvalue weighted by Crippen LogP contribution is 2.28. The fraction of sp³-hybridized carbons (Fsp3) is 0.500. The standard InChI is InChI=1S/C14H22N2O5S/c1-11(17)15-8-4-5-9-16-22(18,19)14-7-6-12(20-2)10-13(14)21-3/h6-7,10,16H,4-5,8-9H2,1-3H3,(H,15,17). The van der Waals surface area contributed by atoms with Gasteiger partial charge >= 0.3 is 0 Å². The van der Waals surface area contributed by atoms with Crippen LogP contribution in [0.3, 0.4) is 0 Å². The van der Waals surface area contributed by atoms with E-state index in [4.69, 9.17) is 9.47 Å². The molecule has 8 heteroatoms. The van der Waals surface area contributed by atoms with Crippen molar-refractivity contribution in [2.24, 2.45) is 0 Å². The second-order valence-corrected chi connectivity index (χ2v) is 6.34. The molecule has 0 heterocycles. The lowest BCUT2D eigenvalue weighted by Gasteiger charge is -2.12. The number of hydrogen-bond donors (Lipinski definition) is 2. The molecule has 0 unspecified atom stereocenters. The fourth-order valence-electron chi connectivity index (χ4n) is 1.80. The number of carbonyl (C=O) groups excluding carboxylic acids is 1. The van der Waals surface area contributed by atoms with Crippen molar-refractivity contribution < 1.29 is 22.7 Å². The van der Waals surface area contributed by atoms with Crippen LogP contribution >= 0.6 is 0 Å². The summed E-state index contributed by atoms with van der Waals surface area (Å²) in [5.74, 6) is 0.653. The lowest BCUT2D eigenvalue weighted by Crippen LogP contribution is -2.26. The summed E-state index contributed by atoms with van der Waals surface area (Å²) in [7, 11) is -0.749. The summed E-state index contributed by atoms with van der Waals surface area (Å²) in [5, 5.41) is 2.66. The molecule has 0 atom stereocenters. The van der Waals surface area contributed by atoms with Gasteiger partial charge in [-0.1, -0.05) is 0 Å². The number of nitrogens with one attached hydrogen (secondary N) is 2. The molecule has 0 aliphatic heterocycles. The highest BCUT2D eigenvalue weighted by molar-refractivity contribution is 7.89. The summed E-state index contributed by atoms with van der Waals surface area (Å²) in [5.41, 5.74) is 0. The van der Waals surface area contributed by atoms with Crippen LogP contribution in [-0.2, 0) is 14.8 Å². The van der Waals surface area contributed by atoms with Gasteiger partial charge in [0.25, 0.3) is 0 Å². The molecule has 124 valence electrons. The van der Waals surface area contributed by atoms with E-state index in [1.54, 1.807) is 6.07 Å². The van der Waals surface area contributed by atoms with E-state index in [9.17, 15) is 13.2 Å². The van der Waals surface area contributed by atoms with E-state index in [1.807, 2.05) is 0 Å². The Balaban J connectivity index is 2.61. The Morgan fingerprint density at radius 2 is 1.82 bits per heavy atom. The largest absolute Gasteiger partial charge is 0.497 e. The molecular weight excluding hydrogens is 308 g/mol. The smallest absolute Gasteiger partial charge is 0.244 e. The van der Waals surface area contributed by atoms with Crippen LogP contribution in [-0.4, -0.2) is 41.6 Å². The van der Waals surface area contributed by atoms with Crippen LogP contribution in [0.2, 0.25) is 0 Å². The molecule has 0 aliphatic carbocycles. The molecule has 7 nitrogen and oxygen atoms in total. The van der Waals surface area contributed by atoms with Gasteiger partial charge in [0.2, 0.25) is 15.9 Å². The van der Waals surface area contributed by atoms with Crippen LogP contribution in [0.15, 0.2) is 23.1 Å². The summed E-state index contributed by atoms with van der Waals surface area (Å²) in [6, 6.07) is 4.52. The maximum atomic E-state index is 12.3. The SMILES string of the molecule is COc1ccc(S(=O)(=O)NCCCCNC(C)=O)c(OC)c1. The van der Waals surface area contributed by atoms with Gasteiger partial charge in [-0.3, -0.25) is 4.79 Å². The number of hydrogen-bond acceptors (Lipinski definition) is 5. The predicted molar refractivity (Wildman–Crippen MR) is 82.7 cm³/mol. The number of methoxy groups -OCH3 is 2. The molecule has 1 aromatic carbocycles. The average molecular weight is 330 g/mol. The molecule has 0 aliphatic rings. The third-order valence-electron chi connectivity index (χ3n) is 2.93. The first-order chi connectivity index (χ1) is 10.4. The number of ether oxygens (including phenoxy) is 2. The van der Waals surface area contributed by atoms with E-state index in [-0.39, 0.29) is 23.1 Å². The average Bonchev–Trinajstić information content (AvgIpc) is 2.49. The molecule has 22 heavy (non-hydrogen) atoms. The van der Waals surface area contributed by atoms with Gasteiger partial charge < -0.3 is 14.8 Å². The first-order valence-electron chi connectivity index (χ1n) is 6.87. The second kappa shape index (κ2) is 8.60. The highest BCUT2D eigenvalue weighted by Gasteiger charge is 2.19. The highest BCUT2D eigenvalue weighted by atomic mass is 32.2. The van der Waals surface area contributed by atoms with E-state index in [0.717, 1.165) is 0 Å². The van der Waals surface area contributed by atoms with Gasteiger partial charge in [-0.25, -0.2) is 13.1 Å². The van der Waals surface area contributed by atoms with Gasteiger partial charge in [0, 0.05) is 26.1 Å². The van der Waals surface area contributed by atoms with Gasteiger partial charge in [-0.15, -0.1) is 0 Å². The Morgan fingerprint density at radius 1 is 1.14 bits per heavy atom. The summed E-state index contributed by atoms with van der Waals surface area (Å²) in [6.07, 6.45) is 1.32. The van der Waals surface area contributed by atoms with Crippen molar-refractivity contribution in [2.75, 3.05) is 27.3 Å². The van der Waals surface area contributed by atoms with Crippen LogP contribution < -0.4 is 19.5 Å². The second-order valence-electron chi connectivity index (χ2n) is 4.60. The minimum atomic E-state index is -3.65. The minimum absolute atomic E-state index is 0.0673. The molecule has 2 N–H and O–H groups in total. The van der Waals surface area contributed by atoms with Crippen molar-refractivity contribution in [3.8, 4) is 11.5 Å². The molecule has 0 saturated heterocycles. The Labute approximate surface area is 131 Å².